The Balaban J connectivity index is 3.88. The summed E-state index contributed by atoms with van der Waals surface area (Å²) in [6, 6.07) is 0. The van der Waals surface area contributed by atoms with E-state index in [9.17, 15) is 0 Å². The first-order valence-corrected chi connectivity index (χ1v) is 18.4. The van der Waals surface area contributed by atoms with E-state index in [1.54, 1.807) is 0 Å². The zero-order valence-corrected chi connectivity index (χ0v) is 27.7. The average Bonchev–Trinajstić information content (AvgIpc) is 2.91. The molecule has 0 rings (SSSR count). The predicted molar refractivity (Wildman–Crippen MR) is 177 cm³/mol. The summed E-state index contributed by atoms with van der Waals surface area (Å²) in [5.41, 5.74) is 0. The summed E-state index contributed by atoms with van der Waals surface area (Å²) in [5.74, 6) is 0.884. The van der Waals surface area contributed by atoms with Gasteiger partial charge in [-0.3, -0.25) is 0 Å². The molecule has 1 heteroatoms. The lowest BCUT2D eigenvalue weighted by molar-refractivity contribution is 0.254. The number of rotatable bonds is 33. The average molecular weight is 536 g/mol. The van der Waals surface area contributed by atoms with Gasteiger partial charge in [-0.2, -0.15) is 0 Å². The van der Waals surface area contributed by atoms with Gasteiger partial charge in [0.2, 0.25) is 0 Å². The van der Waals surface area contributed by atoms with E-state index >= 15 is 0 Å². The van der Waals surface area contributed by atoms with Gasteiger partial charge in [0.05, 0.1) is 0 Å². The van der Waals surface area contributed by atoms with Gasteiger partial charge in [0.1, 0.15) is 0 Å². The molecule has 0 aromatic carbocycles. The van der Waals surface area contributed by atoms with Crippen LogP contribution in [0, 0.1) is 5.92 Å². The molecule has 0 atom stereocenters. The fourth-order valence-corrected chi connectivity index (χ4v) is 5.93. The number of hydrogen-bond acceptors (Lipinski definition) is 1. The number of hydrogen-bond donors (Lipinski definition) is 0. The monoisotopic (exact) mass is 536 g/mol. The summed E-state index contributed by atoms with van der Waals surface area (Å²) in [6.45, 7) is 13.4. The minimum Gasteiger partial charge on any atom is -0.303 e. The van der Waals surface area contributed by atoms with Crippen molar-refractivity contribution in [1.29, 1.82) is 0 Å². The highest BCUT2D eigenvalue weighted by Gasteiger charge is 2.05. The Morgan fingerprint density at radius 3 is 0.816 bits per heavy atom. The first kappa shape index (κ1) is 38.0. The minimum absolute atomic E-state index is 0.884. The second-order valence-corrected chi connectivity index (χ2v) is 13.2. The molecule has 0 radical (unpaired) electrons. The topological polar surface area (TPSA) is 3.24 Å². The smallest absolute Gasteiger partial charge is 0.00187 e. The highest BCUT2D eigenvalue weighted by atomic mass is 15.1. The van der Waals surface area contributed by atoms with Crippen molar-refractivity contribution in [3.8, 4) is 0 Å². The molecule has 230 valence electrons. The van der Waals surface area contributed by atoms with E-state index < -0.39 is 0 Å². The molecule has 0 bridgehead atoms. The van der Waals surface area contributed by atoms with Crippen LogP contribution in [-0.2, 0) is 0 Å². The Labute approximate surface area is 244 Å². The van der Waals surface area contributed by atoms with Crippen LogP contribution < -0.4 is 0 Å². The van der Waals surface area contributed by atoms with Gasteiger partial charge in [0.25, 0.3) is 0 Å². The van der Waals surface area contributed by atoms with Crippen molar-refractivity contribution in [2.24, 2.45) is 5.92 Å². The molecule has 0 aromatic heterocycles. The normalized spacial score (nSPS) is 11.8. The van der Waals surface area contributed by atoms with E-state index in [0.717, 1.165) is 5.92 Å². The van der Waals surface area contributed by atoms with Crippen molar-refractivity contribution in [2.45, 2.75) is 214 Å². The van der Waals surface area contributed by atoms with Gasteiger partial charge < -0.3 is 4.90 Å². The maximum absolute atomic E-state index is 2.85. The van der Waals surface area contributed by atoms with Gasteiger partial charge in [-0.15, -0.1) is 0 Å². The standard InChI is InChI=1S/C37H77N/c1-5-7-9-11-13-15-17-19-22-26-30-34-38(36-32-28-24-21-25-29-33-37(3)4)35-31-27-23-20-18-16-14-12-10-8-6-2/h37H,5-36H2,1-4H3. The summed E-state index contributed by atoms with van der Waals surface area (Å²) in [5, 5.41) is 0. The van der Waals surface area contributed by atoms with E-state index in [1.165, 1.54) is 206 Å². The van der Waals surface area contributed by atoms with Crippen LogP contribution in [0.5, 0.6) is 0 Å². The molecule has 1 nitrogen and oxygen atoms in total. The Morgan fingerprint density at radius 1 is 0.316 bits per heavy atom. The maximum Gasteiger partial charge on any atom is -0.00187 e. The molecule has 38 heavy (non-hydrogen) atoms. The van der Waals surface area contributed by atoms with Gasteiger partial charge in [0, 0.05) is 0 Å². The van der Waals surface area contributed by atoms with Crippen LogP contribution in [0.4, 0.5) is 0 Å². The second-order valence-electron chi connectivity index (χ2n) is 13.2. The van der Waals surface area contributed by atoms with Crippen LogP contribution in [-0.4, -0.2) is 24.5 Å². The van der Waals surface area contributed by atoms with E-state index in [0.29, 0.717) is 0 Å². The SMILES string of the molecule is CCCCCCCCCCCCCN(CCCCCCCCCCCCC)CCCCCCCCC(C)C. The van der Waals surface area contributed by atoms with Crippen molar-refractivity contribution in [2.75, 3.05) is 19.6 Å². The first-order chi connectivity index (χ1) is 18.7. The van der Waals surface area contributed by atoms with Crippen LogP contribution in [0.1, 0.15) is 214 Å². The highest BCUT2D eigenvalue weighted by molar-refractivity contribution is 4.61. The summed E-state index contributed by atoms with van der Waals surface area (Å²) in [7, 11) is 0. The van der Waals surface area contributed by atoms with E-state index in [1.807, 2.05) is 0 Å². The number of unbranched alkanes of at least 4 members (excludes halogenated alkanes) is 25. The second kappa shape index (κ2) is 33.2. The van der Waals surface area contributed by atoms with E-state index in [-0.39, 0.29) is 0 Å². The molecule has 0 aliphatic rings. The molecule has 0 fully saturated rings. The molecule has 0 heterocycles. The Bertz CT molecular complexity index is 378. The molecule has 0 aromatic rings. The van der Waals surface area contributed by atoms with Crippen LogP contribution in [0.3, 0.4) is 0 Å². The Morgan fingerprint density at radius 2 is 0.553 bits per heavy atom. The third kappa shape index (κ3) is 32.2. The Kier molecular flexibility index (Phi) is 33.1. The Hall–Kier alpha value is -0.0400. The minimum atomic E-state index is 0.884. The molecule has 0 saturated carbocycles. The van der Waals surface area contributed by atoms with E-state index in [4.69, 9.17) is 0 Å². The number of nitrogens with zero attached hydrogens (tertiary/aromatic N) is 1. The van der Waals surface area contributed by atoms with Crippen molar-refractivity contribution in [3.05, 3.63) is 0 Å². The molecule has 0 spiro atoms. The largest absolute Gasteiger partial charge is 0.303 e. The summed E-state index contributed by atoms with van der Waals surface area (Å²) < 4.78 is 0. The quantitative estimate of drug-likeness (QED) is 0.0755. The zero-order valence-electron chi connectivity index (χ0n) is 27.7. The fourth-order valence-electron chi connectivity index (χ4n) is 5.93. The lowest BCUT2D eigenvalue weighted by atomic mass is 10.0. The van der Waals surface area contributed by atoms with Crippen molar-refractivity contribution in [3.63, 3.8) is 0 Å². The third-order valence-corrected chi connectivity index (χ3v) is 8.66. The van der Waals surface area contributed by atoms with Crippen molar-refractivity contribution >= 4 is 0 Å². The summed E-state index contributed by atoms with van der Waals surface area (Å²) in [4.78, 5) is 2.85. The third-order valence-electron chi connectivity index (χ3n) is 8.66. The van der Waals surface area contributed by atoms with Gasteiger partial charge in [-0.25, -0.2) is 0 Å². The van der Waals surface area contributed by atoms with Crippen molar-refractivity contribution in [1.82, 2.24) is 4.90 Å². The molecular weight excluding hydrogens is 458 g/mol. The van der Waals surface area contributed by atoms with Crippen molar-refractivity contribution < 1.29 is 0 Å². The zero-order chi connectivity index (χ0) is 27.8. The summed E-state index contributed by atoms with van der Waals surface area (Å²) >= 11 is 0. The van der Waals surface area contributed by atoms with Crippen LogP contribution in [0.2, 0.25) is 0 Å². The van der Waals surface area contributed by atoms with Gasteiger partial charge in [-0.05, 0) is 44.8 Å². The first-order valence-electron chi connectivity index (χ1n) is 18.4. The fraction of sp³-hybridized carbons (Fsp3) is 1.00. The molecule has 0 saturated heterocycles. The molecule has 0 unspecified atom stereocenters. The van der Waals surface area contributed by atoms with Gasteiger partial charge in [0.15, 0.2) is 0 Å². The molecule has 0 amide bonds. The molecule has 0 aliphatic heterocycles. The van der Waals surface area contributed by atoms with Crippen LogP contribution >= 0.6 is 0 Å². The highest BCUT2D eigenvalue weighted by Crippen LogP contribution is 2.15. The lowest BCUT2D eigenvalue weighted by Gasteiger charge is -2.22. The lowest BCUT2D eigenvalue weighted by Crippen LogP contribution is -2.27. The molecule has 0 aliphatic carbocycles. The predicted octanol–water partition coefficient (Wildman–Crippen LogP) is 13.3. The van der Waals surface area contributed by atoms with Crippen LogP contribution in [0.15, 0.2) is 0 Å². The van der Waals surface area contributed by atoms with Crippen LogP contribution in [0.25, 0.3) is 0 Å². The van der Waals surface area contributed by atoms with Gasteiger partial charge in [-0.1, -0.05) is 195 Å². The van der Waals surface area contributed by atoms with E-state index in [2.05, 4.69) is 32.6 Å². The molecule has 0 N–H and O–H groups in total. The maximum atomic E-state index is 2.85. The molecular formula is C37H77N. The summed E-state index contributed by atoms with van der Waals surface area (Å²) in [6.07, 6.45) is 42.2. The van der Waals surface area contributed by atoms with Gasteiger partial charge >= 0.3 is 0 Å².